The van der Waals surface area contributed by atoms with Gasteiger partial charge in [0.25, 0.3) is 10.0 Å². The average Bonchev–Trinajstić information content (AvgIpc) is 3.13. The first kappa shape index (κ1) is 18.4. The molecule has 1 aliphatic rings. The second-order valence-corrected chi connectivity index (χ2v) is 9.32. The molecule has 0 radical (unpaired) electrons. The lowest BCUT2D eigenvalue weighted by Gasteiger charge is -2.20. The van der Waals surface area contributed by atoms with Gasteiger partial charge < -0.3 is 9.32 Å². The highest BCUT2D eigenvalue weighted by Crippen LogP contribution is 2.23. The van der Waals surface area contributed by atoms with Crippen molar-refractivity contribution in [1.82, 2.24) is 14.2 Å². The maximum atomic E-state index is 12.1. The van der Waals surface area contributed by atoms with Gasteiger partial charge in [0.2, 0.25) is 5.09 Å². The molecule has 3 rings (SSSR count). The number of anilines is 1. The summed E-state index contributed by atoms with van der Waals surface area (Å²) in [4.78, 5) is 9.19. The molecular formula is C16H24N4O3S2. The maximum absolute atomic E-state index is 12.1. The number of hydrogen-bond acceptors (Lipinski definition) is 7. The normalized spacial score (nSPS) is 17.2. The minimum atomic E-state index is -3.51. The molecule has 138 valence electrons. The molecule has 0 spiro atoms. The molecule has 0 bridgehead atoms. The van der Waals surface area contributed by atoms with Gasteiger partial charge in [0, 0.05) is 45.7 Å². The Morgan fingerprint density at radius 3 is 2.72 bits per heavy atom. The van der Waals surface area contributed by atoms with Gasteiger partial charge in [0.1, 0.15) is 5.76 Å². The molecule has 0 unspecified atom stereocenters. The predicted octanol–water partition coefficient (Wildman–Crippen LogP) is 2.01. The Kier molecular flexibility index (Phi) is 5.47. The summed E-state index contributed by atoms with van der Waals surface area (Å²) in [5.74, 6) is 0.680. The van der Waals surface area contributed by atoms with Crippen LogP contribution in [0.25, 0.3) is 0 Å². The van der Waals surface area contributed by atoms with E-state index in [9.17, 15) is 8.42 Å². The van der Waals surface area contributed by atoms with Gasteiger partial charge in [-0.05, 0) is 25.5 Å². The lowest BCUT2D eigenvalue weighted by molar-refractivity contribution is 0.250. The molecule has 9 heteroatoms. The van der Waals surface area contributed by atoms with Crippen LogP contribution in [0.3, 0.4) is 0 Å². The Balaban J connectivity index is 1.62. The summed E-state index contributed by atoms with van der Waals surface area (Å²) in [6, 6.07) is 3.29. The first-order valence-electron chi connectivity index (χ1n) is 8.27. The molecule has 0 aliphatic carbocycles. The van der Waals surface area contributed by atoms with E-state index in [0.717, 1.165) is 47.7 Å². The van der Waals surface area contributed by atoms with Gasteiger partial charge in [-0.25, -0.2) is 17.7 Å². The predicted molar refractivity (Wildman–Crippen MR) is 98.5 cm³/mol. The van der Waals surface area contributed by atoms with Crippen molar-refractivity contribution in [3.05, 3.63) is 29.0 Å². The maximum Gasteiger partial charge on any atom is 0.275 e. The Hall–Kier alpha value is -1.42. The molecule has 1 aliphatic heterocycles. The number of nitrogens with zero attached hydrogens (tertiary/aromatic N) is 4. The number of aryl methyl sites for hydroxylation is 1. The molecule has 7 nitrogen and oxygen atoms in total. The number of thiazole rings is 1. The van der Waals surface area contributed by atoms with Gasteiger partial charge >= 0.3 is 0 Å². The zero-order valence-electron chi connectivity index (χ0n) is 14.8. The number of furan rings is 1. The van der Waals surface area contributed by atoms with Crippen molar-refractivity contribution in [2.75, 3.05) is 45.2 Å². The highest BCUT2D eigenvalue weighted by molar-refractivity contribution is 7.88. The summed E-state index contributed by atoms with van der Waals surface area (Å²) in [6.45, 7) is 6.39. The van der Waals surface area contributed by atoms with Crippen LogP contribution >= 0.6 is 11.3 Å². The number of aromatic nitrogens is 1. The molecular weight excluding hydrogens is 360 g/mol. The van der Waals surface area contributed by atoms with Gasteiger partial charge in [0.05, 0.1) is 12.2 Å². The van der Waals surface area contributed by atoms with E-state index >= 15 is 0 Å². The topological polar surface area (TPSA) is 69.9 Å². The third kappa shape index (κ3) is 4.22. The van der Waals surface area contributed by atoms with Crippen LogP contribution in [0.15, 0.2) is 27.0 Å². The van der Waals surface area contributed by atoms with E-state index in [2.05, 4.69) is 20.2 Å². The Morgan fingerprint density at radius 1 is 1.24 bits per heavy atom. The van der Waals surface area contributed by atoms with Gasteiger partial charge in [-0.15, -0.1) is 11.3 Å². The van der Waals surface area contributed by atoms with Crippen molar-refractivity contribution in [2.24, 2.45) is 0 Å². The summed E-state index contributed by atoms with van der Waals surface area (Å²) < 4.78 is 30.9. The van der Waals surface area contributed by atoms with E-state index < -0.39 is 10.0 Å². The van der Waals surface area contributed by atoms with Gasteiger partial charge in [0.15, 0.2) is 5.13 Å². The average molecular weight is 385 g/mol. The Morgan fingerprint density at radius 2 is 2.04 bits per heavy atom. The first-order valence-corrected chi connectivity index (χ1v) is 10.6. The summed E-state index contributed by atoms with van der Waals surface area (Å²) >= 11 is 1.69. The van der Waals surface area contributed by atoms with E-state index in [1.54, 1.807) is 17.4 Å². The van der Waals surface area contributed by atoms with Crippen LogP contribution < -0.4 is 4.90 Å². The Labute approximate surface area is 152 Å². The third-order valence-corrected chi connectivity index (χ3v) is 6.93. The molecule has 1 fully saturated rings. The minimum Gasteiger partial charge on any atom is -0.447 e. The highest BCUT2D eigenvalue weighted by Gasteiger charge is 2.23. The molecule has 25 heavy (non-hydrogen) atoms. The van der Waals surface area contributed by atoms with E-state index in [4.69, 9.17) is 4.42 Å². The number of hydrogen-bond donors (Lipinski definition) is 0. The van der Waals surface area contributed by atoms with Crippen molar-refractivity contribution in [3.8, 4) is 0 Å². The zero-order valence-corrected chi connectivity index (χ0v) is 16.4. The van der Waals surface area contributed by atoms with Crippen molar-refractivity contribution < 1.29 is 12.8 Å². The van der Waals surface area contributed by atoms with Crippen LogP contribution in [0.5, 0.6) is 0 Å². The molecule has 0 amide bonds. The molecule has 0 atom stereocenters. The smallest absolute Gasteiger partial charge is 0.275 e. The van der Waals surface area contributed by atoms with Gasteiger partial charge in [-0.2, -0.15) is 0 Å². The molecule has 0 N–H and O–H groups in total. The van der Waals surface area contributed by atoms with Crippen LogP contribution in [0.2, 0.25) is 0 Å². The summed E-state index contributed by atoms with van der Waals surface area (Å²) in [5, 5.41) is 3.16. The van der Waals surface area contributed by atoms with Gasteiger partial charge in [-0.3, -0.25) is 4.90 Å². The largest absolute Gasteiger partial charge is 0.447 e. The van der Waals surface area contributed by atoms with E-state index in [0.29, 0.717) is 12.3 Å². The molecule has 2 aromatic heterocycles. The standard InChI is InChI=1S/C16H24N4O3S2/c1-13-12-24-16(17-13)20-8-4-7-19(9-10-20)11-14-5-6-15(23-14)25(21,22)18(2)3/h5-6,12H,4,7-11H2,1-3H3. The first-order chi connectivity index (χ1) is 11.9. The molecule has 2 aromatic rings. The van der Waals surface area contributed by atoms with Crippen LogP contribution in [-0.2, 0) is 16.6 Å². The lowest BCUT2D eigenvalue weighted by Crippen LogP contribution is -2.30. The molecule has 3 heterocycles. The fraction of sp³-hybridized carbons (Fsp3) is 0.562. The van der Waals surface area contributed by atoms with Crippen LogP contribution in [-0.4, -0.2) is 62.9 Å². The second-order valence-electron chi connectivity index (χ2n) is 6.40. The van der Waals surface area contributed by atoms with Crippen molar-refractivity contribution in [3.63, 3.8) is 0 Å². The minimum absolute atomic E-state index is 0.00205. The van der Waals surface area contributed by atoms with Crippen molar-refractivity contribution in [1.29, 1.82) is 0 Å². The lowest BCUT2D eigenvalue weighted by atomic mass is 10.3. The number of rotatable bonds is 5. The third-order valence-electron chi connectivity index (χ3n) is 4.22. The fourth-order valence-electron chi connectivity index (χ4n) is 2.79. The van der Waals surface area contributed by atoms with E-state index in [1.807, 2.05) is 6.92 Å². The van der Waals surface area contributed by atoms with Crippen LogP contribution in [0.1, 0.15) is 17.9 Å². The highest BCUT2D eigenvalue weighted by atomic mass is 32.2. The SMILES string of the molecule is Cc1csc(N2CCCN(Cc3ccc(S(=O)(=O)N(C)C)o3)CC2)n1. The van der Waals surface area contributed by atoms with Crippen LogP contribution in [0.4, 0.5) is 5.13 Å². The zero-order chi connectivity index (χ0) is 18.0. The van der Waals surface area contributed by atoms with Gasteiger partial charge in [-0.1, -0.05) is 0 Å². The molecule has 0 saturated carbocycles. The summed E-state index contributed by atoms with van der Waals surface area (Å²) in [5.41, 5.74) is 1.06. The van der Waals surface area contributed by atoms with E-state index in [-0.39, 0.29) is 5.09 Å². The molecule has 1 saturated heterocycles. The van der Waals surface area contributed by atoms with Crippen molar-refractivity contribution >= 4 is 26.5 Å². The van der Waals surface area contributed by atoms with Crippen LogP contribution in [0, 0.1) is 6.92 Å². The molecule has 0 aromatic carbocycles. The second kappa shape index (κ2) is 7.45. The quantitative estimate of drug-likeness (QED) is 0.785. The Bertz CT molecular complexity index is 813. The number of sulfonamides is 1. The fourth-order valence-corrected chi connectivity index (χ4v) is 4.46. The monoisotopic (exact) mass is 384 g/mol. The van der Waals surface area contributed by atoms with E-state index in [1.165, 1.54) is 20.2 Å². The summed E-state index contributed by atoms with van der Waals surface area (Å²) in [6.07, 6.45) is 1.04. The summed E-state index contributed by atoms with van der Waals surface area (Å²) in [7, 11) is -0.511. The van der Waals surface area contributed by atoms with Crippen molar-refractivity contribution in [2.45, 2.75) is 25.0 Å².